The van der Waals surface area contributed by atoms with E-state index >= 15 is 0 Å². The number of esters is 1. The lowest BCUT2D eigenvalue weighted by atomic mass is 9.96. The smallest absolute Gasteiger partial charge is 0.330 e. The molecule has 158 valence electrons. The summed E-state index contributed by atoms with van der Waals surface area (Å²) in [5.41, 5.74) is 1.17. The van der Waals surface area contributed by atoms with Gasteiger partial charge in [0.05, 0.1) is 18.7 Å². The van der Waals surface area contributed by atoms with Crippen LogP contribution < -0.4 is 0 Å². The summed E-state index contributed by atoms with van der Waals surface area (Å²) in [7, 11) is 0. The van der Waals surface area contributed by atoms with Crippen molar-refractivity contribution in [2.45, 2.75) is 32.9 Å². The zero-order chi connectivity index (χ0) is 21.9. The predicted molar refractivity (Wildman–Crippen MR) is 120 cm³/mol. The molecule has 6 nitrogen and oxygen atoms in total. The molecule has 2 aromatic carbocycles. The summed E-state index contributed by atoms with van der Waals surface area (Å²) in [5, 5.41) is 20.0. The first-order chi connectivity index (χ1) is 14.4. The molecule has 0 aliphatic carbocycles. The Labute approximate surface area is 177 Å². The number of ether oxygens (including phenoxy) is 1. The lowest BCUT2D eigenvalue weighted by Gasteiger charge is -2.21. The Hall–Kier alpha value is -3.41. The number of phenols is 2. The Morgan fingerprint density at radius 3 is 2.00 bits per heavy atom. The fourth-order valence-electron chi connectivity index (χ4n) is 2.80. The third kappa shape index (κ3) is 6.88. The minimum Gasteiger partial charge on any atom is -0.507 e. The molecule has 0 aliphatic rings. The lowest BCUT2D eigenvalue weighted by Crippen LogP contribution is -2.27. The van der Waals surface area contributed by atoms with Crippen molar-refractivity contribution in [1.29, 1.82) is 0 Å². The van der Waals surface area contributed by atoms with Crippen LogP contribution in [-0.4, -0.2) is 47.3 Å². The van der Waals surface area contributed by atoms with Crippen molar-refractivity contribution in [2.75, 3.05) is 6.61 Å². The van der Waals surface area contributed by atoms with E-state index in [-0.39, 0.29) is 30.1 Å². The fraction of sp³-hybridized carbons (Fsp3) is 0.292. The van der Waals surface area contributed by atoms with Crippen molar-refractivity contribution in [3.05, 3.63) is 71.8 Å². The number of carbonyl (C=O) groups is 1. The number of aliphatic imine (C=N–C) groups is 2. The van der Waals surface area contributed by atoms with Gasteiger partial charge in [0.2, 0.25) is 0 Å². The highest BCUT2D eigenvalue weighted by Crippen LogP contribution is 2.20. The summed E-state index contributed by atoms with van der Waals surface area (Å²) in [4.78, 5) is 21.1. The Morgan fingerprint density at radius 1 is 0.967 bits per heavy atom. The minimum atomic E-state index is -0.476. The van der Waals surface area contributed by atoms with Crippen molar-refractivity contribution in [1.82, 2.24) is 0 Å². The van der Waals surface area contributed by atoms with Gasteiger partial charge in [-0.05, 0) is 37.1 Å². The van der Waals surface area contributed by atoms with Crippen LogP contribution in [0.5, 0.6) is 11.5 Å². The zero-order valence-corrected chi connectivity index (χ0v) is 17.5. The second kappa shape index (κ2) is 11.6. The highest BCUT2D eigenvalue weighted by Gasteiger charge is 2.21. The van der Waals surface area contributed by atoms with Crippen LogP contribution in [0.3, 0.4) is 0 Å². The quantitative estimate of drug-likeness (QED) is 0.370. The molecular weight excluding hydrogens is 380 g/mol. The maximum absolute atomic E-state index is 11.8. The minimum absolute atomic E-state index is 0.0884. The summed E-state index contributed by atoms with van der Waals surface area (Å²) in [6, 6.07) is 13.0. The lowest BCUT2D eigenvalue weighted by molar-refractivity contribution is -0.137. The summed E-state index contributed by atoms with van der Waals surface area (Å²) >= 11 is 0. The summed E-state index contributed by atoms with van der Waals surface area (Å²) < 4.78 is 4.97. The normalized spacial score (nSPS) is 14.0. The van der Waals surface area contributed by atoms with Crippen LogP contribution in [0, 0.1) is 5.92 Å². The van der Waals surface area contributed by atoms with Gasteiger partial charge in [0.15, 0.2) is 0 Å². The highest BCUT2D eigenvalue weighted by molar-refractivity contribution is 5.85. The number of carbonyl (C=O) groups excluding carboxylic acids is 1. The highest BCUT2D eigenvalue weighted by atomic mass is 16.5. The number of nitrogens with zero attached hydrogens (tertiary/aromatic N) is 2. The van der Waals surface area contributed by atoms with Crippen molar-refractivity contribution in [3.63, 3.8) is 0 Å². The second-order valence-corrected chi connectivity index (χ2v) is 7.01. The first-order valence-corrected chi connectivity index (χ1v) is 9.89. The molecule has 2 atom stereocenters. The van der Waals surface area contributed by atoms with Gasteiger partial charge >= 0.3 is 5.97 Å². The Kier molecular flexibility index (Phi) is 8.81. The topological polar surface area (TPSA) is 91.5 Å². The van der Waals surface area contributed by atoms with Gasteiger partial charge in [0.1, 0.15) is 11.5 Å². The molecule has 0 bridgehead atoms. The molecule has 0 radical (unpaired) electrons. The van der Waals surface area contributed by atoms with Crippen LogP contribution in [0.25, 0.3) is 0 Å². The largest absolute Gasteiger partial charge is 0.507 e. The molecule has 2 N–H and O–H groups in total. The van der Waals surface area contributed by atoms with E-state index in [9.17, 15) is 15.0 Å². The number of para-hydroxylation sites is 2. The molecular formula is C24H28N2O4. The van der Waals surface area contributed by atoms with Gasteiger partial charge in [-0.3, -0.25) is 9.98 Å². The Balaban J connectivity index is 2.36. The summed E-state index contributed by atoms with van der Waals surface area (Å²) in [6.07, 6.45) is 6.18. The van der Waals surface area contributed by atoms with Gasteiger partial charge < -0.3 is 14.9 Å². The van der Waals surface area contributed by atoms with E-state index in [0.717, 1.165) is 0 Å². The van der Waals surface area contributed by atoms with Crippen LogP contribution in [-0.2, 0) is 9.53 Å². The first kappa shape index (κ1) is 22.9. The van der Waals surface area contributed by atoms with E-state index in [1.54, 1.807) is 67.9 Å². The molecule has 0 aromatic heterocycles. The van der Waals surface area contributed by atoms with Gasteiger partial charge in [-0.15, -0.1) is 0 Å². The molecule has 2 rings (SSSR count). The maximum Gasteiger partial charge on any atom is 0.330 e. The first-order valence-electron chi connectivity index (χ1n) is 9.89. The maximum atomic E-state index is 11.8. The SMILES string of the molecule is CCOC(=O)/C=C/[C@H](N=Cc1ccccc1O)[C@@H](N=Cc1ccccc1O)C(C)C. The molecule has 0 saturated heterocycles. The molecule has 0 spiro atoms. The van der Waals surface area contributed by atoms with Crippen molar-refractivity contribution < 1.29 is 19.7 Å². The van der Waals surface area contributed by atoms with E-state index in [1.807, 2.05) is 19.9 Å². The van der Waals surface area contributed by atoms with Crippen LogP contribution >= 0.6 is 0 Å². The standard InChI is InChI=1S/C24H28N2O4/c1-4-30-23(29)14-13-20(25-15-18-9-5-7-11-21(18)27)24(17(2)3)26-16-19-10-6-8-12-22(19)28/h5-17,20,24,27-28H,4H2,1-3H3/b14-13+,25-15?,26-16?/t20-,24-/m0/s1. The fourth-order valence-corrected chi connectivity index (χ4v) is 2.80. The second-order valence-electron chi connectivity index (χ2n) is 7.01. The molecule has 30 heavy (non-hydrogen) atoms. The van der Waals surface area contributed by atoms with Crippen LogP contribution in [0.15, 0.2) is 70.7 Å². The van der Waals surface area contributed by atoms with Crippen molar-refractivity contribution >= 4 is 18.4 Å². The number of hydrogen-bond acceptors (Lipinski definition) is 6. The average molecular weight is 408 g/mol. The van der Waals surface area contributed by atoms with Gasteiger partial charge in [-0.2, -0.15) is 0 Å². The van der Waals surface area contributed by atoms with Gasteiger partial charge in [-0.25, -0.2) is 4.79 Å². The monoisotopic (exact) mass is 408 g/mol. The third-order valence-electron chi connectivity index (χ3n) is 4.39. The van der Waals surface area contributed by atoms with Gasteiger partial charge in [0, 0.05) is 29.6 Å². The number of benzene rings is 2. The molecule has 0 heterocycles. The van der Waals surface area contributed by atoms with Gasteiger partial charge in [-0.1, -0.05) is 44.2 Å². The van der Waals surface area contributed by atoms with E-state index in [0.29, 0.717) is 11.1 Å². The van der Waals surface area contributed by atoms with Crippen molar-refractivity contribution in [3.8, 4) is 11.5 Å². The van der Waals surface area contributed by atoms with E-state index in [4.69, 9.17) is 4.74 Å². The number of phenolic OH excluding ortho intramolecular Hbond substituents is 2. The molecule has 0 unspecified atom stereocenters. The molecule has 6 heteroatoms. The van der Waals surface area contributed by atoms with E-state index in [1.165, 1.54) is 6.08 Å². The summed E-state index contributed by atoms with van der Waals surface area (Å²) in [6.45, 7) is 6.04. The molecule has 2 aromatic rings. The van der Waals surface area contributed by atoms with Crippen LogP contribution in [0.4, 0.5) is 0 Å². The number of hydrogen-bond donors (Lipinski definition) is 2. The molecule has 0 saturated carbocycles. The predicted octanol–water partition coefficient (Wildman–Crippen LogP) is 4.15. The number of aromatic hydroxyl groups is 2. The third-order valence-corrected chi connectivity index (χ3v) is 4.39. The zero-order valence-electron chi connectivity index (χ0n) is 17.5. The molecule has 0 amide bonds. The Bertz CT molecular complexity index is 919. The molecule has 0 fully saturated rings. The van der Waals surface area contributed by atoms with Crippen molar-refractivity contribution in [2.24, 2.45) is 15.9 Å². The summed E-state index contributed by atoms with van der Waals surface area (Å²) in [5.74, 6) is -0.105. The van der Waals surface area contributed by atoms with E-state index < -0.39 is 12.0 Å². The number of rotatable bonds is 9. The van der Waals surface area contributed by atoms with Crippen LogP contribution in [0.1, 0.15) is 31.9 Å². The van der Waals surface area contributed by atoms with Crippen LogP contribution in [0.2, 0.25) is 0 Å². The molecule has 0 aliphatic heterocycles. The average Bonchev–Trinajstić information content (AvgIpc) is 2.71. The van der Waals surface area contributed by atoms with Gasteiger partial charge in [0.25, 0.3) is 0 Å². The van der Waals surface area contributed by atoms with E-state index in [2.05, 4.69) is 9.98 Å². The Morgan fingerprint density at radius 2 is 1.50 bits per heavy atom.